The third-order valence-electron chi connectivity index (χ3n) is 3.13. The van der Waals surface area contributed by atoms with Gasteiger partial charge in [-0.3, -0.25) is 0 Å². The molecule has 1 N–H and O–H groups in total. The summed E-state index contributed by atoms with van der Waals surface area (Å²) in [5.74, 6) is -0.996. The van der Waals surface area contributed by atoms with Crippen molar-refractivity contribution in [2.75, 3.05) is 11.9 Å². The summed E-state index contributed by atoms with van der Waals surface area (Å²) in [6.45, 7) is 6.39. The zero-order chi connectivity index (χ0) is 12.3. The van der Waals surface area contributed by atoms with Crippen LogP contribution in [0.15, 0.2) is 18.3 Å². The van der Waals surface area contributed by atoms with Crippen LogP contribution in [0.2, 0.25) is 0 Å². The van der Waals surface area contributed by atoms with Gasteiger partial charge in [-0.2, -0.15) is 0 Å². The Kier molecular flexibility index (Phi) is 3.52. The van der Waals surface area contributed by atoms with Crippen molar-refractivity contribution in [1.82, 2.24) is 4.98 Å². The minimum Gasteiger partial charge on any atom is -0.477 e. The van der Waals surface area contributed by atoms with E-state index >= 15 is 0 Å². The van der Waals surface area contributed by atoms with Crippen molar-refractivity contribution in [3.8, 4) is 0 Å². The monoisotopic (exact) mass is 222 g/mol. The Morgan fingerprint density at radius 1 is 1.50 bits per heavy atom. The Balaban J connectivity index is 2.94. The van der Waals surface area contributed by atoms with Gasteiger partial charge < -0.3 is 10.0 Å². The first kappa shape index (κ1) is 12.5. The third kappa shape index (κ3) is 2.51. The molecule has 1 rings (SSSR count). The molecule has 0 amide bonds. The molecule has 1 heterocycles. The molecule has 0 aliphatic carbocycles. The molecule has 0 bridgehead atoms. The Hall–Kier alpha value is -1.58. The number of anilines is 1. The predicted octanol–water partition coefficient (Wildman–Crippen LogP) is 2.40. The fraction of sp³-hybridized carbons (Fsp3) is 0.500. The molecule has 0 fully saturated rings. The van der Waals surface area contributed by atoms with E-state index < -0.39 is 5.97 Å². The second-order valence-electron chi connectivity index (χ2n) is 4.43. The van der Waals surface area contributed by atoms with E-state index in [4.69, 9.17) is 5.11 Å². The summed E-state index contributed by atoms with van der Waals surface area (Å²) in [6.07, 6.45) is 2.60. The molecule has 0 aliphatic rings. The van der Waals surface area contributed by atoms with Gasteiger partial charge in [0, 0.05) is 12.6 Å². The number of carboxylic acid groups (broad SMARTS) is 1. The second kappa shape index (κ2) is 4.51. The first-order valence-electron chi connectivity index (χ1n) is 5.31. The molecule has 0 atom stereocenters. The van der Waals surface area contributed by atoms with Gasteiger partial charge in [-0.1, -0.05) is 6.92 Å². The van der Waals surface area contributed by atoms with Crippen LogP contribution in [0.1, 0.15) is 37.7 Å². The van der Waals surface area contributed by atoms with Crippen LogP contribution < -0.4 is 4.90 Å². The molecule has 16 heavy (non-hydrogen) atoms. The first-order valence-corrected chi connectivity index (χ1v) is 5.31. The van der Waals surface area contributed by atoms with Crippen molar-refractivity contribution in [2.24, 2.45) is 0 Å². The number of hydrogen-bond acceptors (Lipinski definition) is 3. The molecule has 4 heteroatoms. The maximum Gasteiger partial charge on any atom is 0.354 e. The van der Waals surface area contributed by atoms with Crippen molar-refractivity contribution in [2.45, 2.75) is 32.7 Å². The van der Waals surface area contributed by atoms with E-state index in [0.717, 1.165) is 12.1 Å². The molecule has 0 radical (unpaired) electrons. The highest BCUT2D eigenvalue weighted by Crippen LogP contribution is 2.23. The van der Waals surface area contributed by atoms with Crippen LogP contribution in [0.25, 0.3) is 0 Å². The molecule has 0 spiro atoms. The molecular weight excluding hydrogens is 204 g/mol. The van der Waals surface area contributed by atoms with E-state index in [0.29, 0.717) is 0 Å². The van der Waals surface area contributed by atoms with Crippen LogP contribution in [0.5, 0.6) is 0 Å². The molecule has 0 unspecified atom stereocenters. The number of carbonyl (C=O) groups is 1. The zero-order valence-electron chi connectivity index (χ0n) is 10.2. The number of pyridine rings is 1. The van der Waals surface area contributed by atoms with Gasteiger partial charge in [0.25, 0.3) is 0 Å². The SMILES string of the molecule is CCC(C)(C)N(C)c1ccc(C(=O)O)nc1. The summed E-state index contributed by atoms with van der Waals surface area (Å²) in [4.78, 5) is 16.7. The lowest BCUT2D eigenvalue weighted by molar-refractivity contribution is 0.0690. The predicted molar refractivity (Wildman–Crippen MR) is 64.0 cm³/mol. The lowest BCUT2D eigenvalue weighted by Gasteiger charge is -2.36. The third-order valence-corrected chi connectivity index (χ3v) is 3.13. The average Bonchev–Trinajstić information content (AvgIpc) is 2.28. The van der Waals surface area contributed by atoms with Gasteiger partial charge >= 0.3 is 5.97 Å². The van der Waals surface area contributed by atoms with Gasteiger partial charge in [0.2, 0.25) is 0 Å². The lowest BCUT2D eigenvalue weighted by atomic mass is 9.99. The highest BCUT2D eigenvalue weighted by atomic mass is 16.4. The molecule has 1 aromatic rings. The Labute approximate surface area is 95.9 Å². The maximum absolute atomic E-state index is 10.7. The summed E-state index contributed by atoms with van der Waals surface area (Å²) in [5, 5.41) is 8.74. The number of aromatic nitrogens is 1. The average molecular weight is 222 g/mol. The molecule has 0 saturated carbocycles. The van der Waals surface area contributed by atoms with Crippen LogP contribution in [0, 0.1) is 0 Å². The van der Waals surface area contributed by atoms with Gasteiger partial charge in [0.1, 0.15) is 5.69 Å². The van der Waals surface area contributed by atoms with Crippen molar-refractivity contribution in [3.05, 3.63) is 24.0 Å². The standard InChI is InChI=1S/C12H18N2O2/c1-5-12(2,3)14(4)9-6-7-10(11(15)16)13-8-9/h6-8H,5H2,1-4H3,(H,15,16). The summed E-state index contributed by atoms with van der Waals surface area (Å²) < 4.78 is 0. The topological polar surface area (TPSA) is 53.4 Å². The highest BCUT2D eigenvalue weighted by Gasteiger charge is 2.21. The fourth-order valence-corrected chi connectivity index (χ4v) is 1.30. The van der Waals surface area contributed by atoms with Crippen molar-refractivity contribution in [3.63, 3.8) is 0 Å². The van der Waals surface area contributed by atoms with Crippen LogP contribution in [-0.4, -0.2) is 28.6 Å². The molecule has 4 nitrogen and oxygen atoms in total. The second-order valence-corrected chi connectivity index (χ2v) is 4.43. The van der Waals surface area contributed by atoms with Crippen LogP contribution in [0.4, 0.5) is 5.69 Å². The minimum atomic E-state index is -0.996. The molecule has 1 aromatic heterocycles. The summed E-state index contributed by atoms with van der Waals surface area (Å²) in [5.41, 5.74) is 1.04. The number of carboxylic acids is 1. The van der Waals surface area contributed by atoms with E-state index in [1.807, 2.05) is 7.05 Å². The normalized spacial score (nSPS) is 11.2. The lowest BCUT2D eigenvalue weighted by Crippen LogP contribution is -2.40. The summed E-state index contributed by atoms with van der Waals surface area (Å²) in [7, 11) is 1.99. The fourth-order valence-electron chi connectivity index (χ4n) is 1.30. The minimum absolute atomic E-state index is 0.0341. The van der Waals surface area contributed by atoms with E-state index in [2.05, 4.69) is 30.7 Å². The number of nitrogens with zero attached hydrogens (tertiary/aromatic N) is 2. The molecule has 88 valence electrons. The quantitative estimate of drug-likeness (QED) is 0.850. The molecular formula is C12H18N2O2. The molecule has 0 aromatic carbocycles. The maximum atomic E-state index is 10.7. The largest absolute Gasteiger partial charge is 0.477 e. The van der Waals surface area contributed by atoms with Gasteiger partial charge in [-0.25, -0.2) is 9.78 Å². The van der Waals surface area contributed by atoms with Crippen molar-refractivity contribution >= 4 is 11.7 Å². The van der Waals surface area contributed by atoms with Crippen molar-refractivity contribution < 1.29 is 9.90 Å². The zero-order valence-corrected chi connectivity index (χ0v) is 10.2. The summed E-state index contributed by atoms with van der Waals surface area (Å²) >= 11 is 0. The smallest absolute Gasteiger partial charge is 0.354 e. The van der Waals surface area contributed by atoms with E-state index in [-0.39, 0.29) is 11.2 Å². The Morgan fingerprint density at radius 3 is 2.50 bits per heavy atom. The van der Waals surface area contributed by atoms with Crippen LogP contribution >= 0.6 is 0 Å². The van der Waals surface area contributed by atoms with E-state index in [9.17, 15) is 4.79 Å². The van der Waals surface area contributed by atoms with Gasteiger partial charge in [-0.05, 0) is 32.4 Å². The van der Waals surface area contributed by atoms with E-state index in [1.54, 1.807) is 12.3 Å². The molecule has 0 aliphatic heterocycles. The van der Waals surface area contributed by atoms with Crippen molar-refractivity contribution in [1.29, 1.82) is 0 Å². The Bertz CT molecular complexity index is 371. The van der Waals surface area contributed by atoms with Gasteiger partial charge in [0.05, 0.1) is 11.9 Å². The number of hydrogen-bond donors (Lipinski definition) is 1. The molecule has 0 saturated heterocycles. The highest BCUT2D eigenvalue weighted by molar-refractivity contribution is 5.85. The number of rotatable bonds is 4. The first-order chi connectivity index (χ1) is 7.38. The van der Waals surface area contributed by atoms with Crippen LogP contribution in [-0.2, 0) is 0 Å². The Morgan fingerprint density at radius 2 is 2.12 bits per heavy atom. The van der Waals surface area contributed by atoms with E-state index in [1.165, 1.54) is 6.07 Å². The summed E-state index contributed by atoms with van der Waals surface area (Å²) in [6, 6.07) is 3.31. The van der Waals surface area contributed by atoms with Gasteiger partial charge in [-0.15, -0.1) is 0 Å². The van der Waals surface area contributed by atoms with Gasteiger partial charge in [0.15, 0.2) is 0 Å². The van der Waals surface area contributed by atoms with Crippen LogP contribution in [0.3, 0.4) is 0 Å². The number of aromatic carboxylic acids is 1.